The largest absolute Gasteiger partial charge is 0.504 e. The SMILES string of the molecule is Cc1cc(C(=O)CCCCCBr)c(C)c(O)c1O. The molecule has 2 N–H and O–H groups in total. The predicted octanol–water partition coefficient (Wildman–Crippen LogP) is 3.85. The molecule has 0 amide bonds. The maximum absolute atomic E-state index is 12.0. The Kier molecular flexibility index (Phi) is 5.66. The van der Waals surface area contributed by atoms with Gasteiger partial charge in [0, 0.05) is 22.9 Å². The molecule has 18 heavy (non-hydrogen) atoms. The van der Waals surface area contributed by atoms with Gasteiger partial charge in [0.1, 0.15) is 0 Å². The molecule has 0 aliphatic heterocycles. The quantitative estimate of drug-likeness (QED) is 0.363. The molecule has 1 aromatic carbocycles. The van der Waals surface area contributed by atoms with Crippen LogP contribution in [0.5, 0.6) is 11.5 Å². The van der Waals surface area contributed by atoms with E-state index in [0.29, 0.717) is 23.1 Å². The van der Waals surface area contributed by atoms with Crippen LogP contribution in [0.3, 0.4) is 0 Å². The van der Waals surface area contributed by atoms with E-state index in [4.69, 9.17) is 0 Å². The zero-order valence-electron chi connectivity index (χ0n) is 10.8. The van der Waals surface area contributed by atoms with Crippen LogP contribution in [-0.2, 0) is 0 Å². The summed E-state index contributed by atoms with van der Waals surface area (Å²) in [7, 11) is 0. The zero-order chi connectivity index (χ0) is 13.7. The Balaban J connectivity index is 2.80. The molecule has 0 saturated heterocycles. The Hall–Kier alpha value is -1.03. The van der Waals surface area contributed by atoms with Gasteiger partial charge in [0.05, 0.1) is 0 Å². The summed E-state index contributed by atoms with van der Waals surface area (Å²) in [6, 6.07) is 1.65. The third-order valence-electron chi connectivity index (χ3n) is 3.06. The minimum atomic E-state index is -0.182. The molecule has 0 fully saturated rings. The number of hydrogen-bond donors (Lipinski definition) is 2. The molecule has 0 spiro atoms. The summed E-state index contributed by atoms with van der Waals surface area (Å²) in [6.45, 7) is 3.33. The number of hydrogen-bond acceptors (Lipinski definition) is 3. The molecule has 1 rings (SSSR count). The maximum atomic E-state index is 12.0. The van der Waals surface area contributed by atoms with Gasteiger partial charge in [-0.15, -0.1) is 0 Å². The fourth-order valence-corrected chi connectivity index (χ4v) is 2.26. The molecular formula is C14H19BrO3. The number of ketones is 1. The Morgan fingerprint density at radius 3 is 2.44 bits per heavy atom. The molecule has 0 radical (unpaired) electrons. The van der Waals surface area contributed by atoms with Crippen molar-refractivity contribution in [1.82, 2.24) is 0 Å². The summed E-state index contributed by atoms with van der Waals surface area (Å²) in [5, 5.41) is 20.2. The molecule has 0 saturated carbocycles. The first-order valence-corrected chi connectivity index (χ1v) is 7.22. The number of Topliss-reactive ketones (excluding diaryl/α,β-unsaturated/α-hetero) is 1. The summed E-state index contributed by atoms with van der Waals surface area (Å²) in [6.07, 6.45) is 3.41. The third kappa shape index (κ3) is 3.48. The molecule has 0 heterocycles. The van der Waals surface area contributed by atoms with E-state index < -0.39 is 0 Å². The van der Waals surface area contributed by atoms with Gasteiger partial charge >= 0.3 is 0 Å². The van der Waals surface area contributed by atoms with Crippen molar-refractivity contribution in [1.29, 1.82) is 0 Å². The topological polar surface area (TPSA) is 57.5 Å². The molecule has 4 heteroatoms. The van der Waals surface area contributed by atoms with E-state index in [2.05, 4.69) is 15.9 Å². The fraction of sp³-hybridized carbons (Fsp3) is 0.500. The maximum Gasteiger partial charge on any atom is 0.163 e. The summed E-state index contributed by atoms with van der Waals surface area (Å²) >= 11 is 3.35. The molecule has 0 bridgehead atoms. The van der Waals surface area contributed by atoms with Crippen LogP contribution >= 0.6 is 15.9 Å². The molecule has 3 nitrogen and oxygen atoms in total. The van der Waals surface area contributed by atoms with Crippen LogP contribution in [0.25, 0.3) is 0 Å². The second kappa shape index (κ2) is 6.78. The molecule has 0 unspecified atom stereocenters. The van der Waals surface area contributed by atoms with Gasteiger partial charge in [-0.2, -0.15) is 0 Å². The average Bonchev–Trinajstić information content (AvgIpc) is 2.36. The first-order chi connectivity index (χ1) is 8.49. The van der Waals surface area contributed by atoms with E-state index in [1.165, 1.54) is 0 Å². The van der Waals surface area contributed by atoms with Gasteiger partial charge in [0.2, 0.25) is 0 Å². The number of halogens is 1. The van der Waals surface area contributed by atoms with Gasteiger partial charge in [-0.25, -0.2) is 0 Å². The van der Waals surface area contributed by atoms with Crippen LogP contribution in [0, 0.1) is 13.8 Å². The van der Waals surface area contributed by atoms with Gasteiger partial charge in [0.25, 0.3) is 0 Å². The van der Waals surface area contributed by atoms with E-state index in [9.17, 15) is 15.0 Å². The van der Waals surface area contributed by atoms with E-state index >= 15 is 0 Å². The number of phenolic OH excluding ortho intramolecular Hbond substituents is 2. The minimum Gasteiger partial charge on any atom is -0.504 e. The number of benzene rings is 1. The number of alkyl halides is 1. The lowest BCUT2D eigenvalue weighted by molar-refractivity contribution is 0.0978. The van der Waals surface area contributed by atoms with E-state index in [1.54, 1.807) is 19.9 Å². The predicted molar refractivity (Wildman–Crippen MR) is 75.8 cm³/mol. The number of aryl methyl sites for hydroxylation is 1. The third-order valence-corrected chi connectivity index (χ3v) is 3.62. The minimum absolute atomic E-state index is 0.0282. The number of carbonyl (C=O) groups is 1. The Morgan fingerprint density at radius 2 is 1.83 bits per heavy atom. The van der Waals surface area contributed by atoms with Crippen LogP contribution in [0.4, 0.5) is 0 Å². The van der Waals surface area contributed by atoms with Crippen molar-refractivity contribution >= 4 is 21.7 Å². The van der Waals surface area contributed by atoms with Gasteiger partial charge in [-0.1, -0.05) is 22.4 Å². The van der Waals surface area contributed by atoms with Gasteiger partial charge in [0.15, 0.2) is 17.3 Å². The number of aromatic hydroxyl groups is 2. The number of unbranched alkanes of at least 4 members (excludes halogenated alkanes) is 2. The van der Waals surface area contributed by atoms with Crippen LogP contribution in [-0.4, -0.2) is 21.3 Å². The van der Waals surface area contributed by atoms with Crippen molar-refractivity contribution in [2.75, 3.05) is 5.33 Å². The summed E-state index contributed by atoms with van der Waals surface area (Å²) in [4.78, 5) is 12.0. The molecule has 0 aliphatic rings. The summed E-state index contributed by atoms with van der Waals surface area (Å²) in [5.41, 5.74) is 1.51. The lowest BCUT2D eigenvalue weighted by Gasteiger charge is -2.10. The fourth-order valence-electron chi connectivity index (χ4n) is 1.87. The Labute approximate surface area is 116 Å². The van der Waals surface area contributed by atoms with Crippen LogP contribution < -0.4 is 0 Å². The monoisotopic (exact) mass is 314 g/mol. The van der Waals surface area contributed by atoms with Crippen molar-refractivity contribution in [3.05, 3.63) is 22.8 Å². The highest BCUT2D eigenvalue weighted by molar-refractivity contribution is 9.09. The van der Waals surface area contributed by atoms with Crippen molar-refractivity contribution in [3.8, 4) is 11.5 Å². The first kappa shape index (κ1) is 15.0. The van der Waals surface area contributed by atoms with Crippen molar-refractivity contribution < 1.29 is 15.0 Å². The molecule has 1 aromatic rings. The molecule has 100 valence electrons. The molecule has 0 atom stereocenters. The van der Waals surface area contributed by atoms with Crippen molar-refractivity contribution in [2.24, 2.45) is 0 Å². The lowest BCUT2D eigenvalue weighted by atomic mass is 9.97. The second-order valence-electron chi connectivity index (χ2n) is 4.49. The molecular weight excluding hydrogens is 296 g/mol. The molecule has 0 aliphatic carbocycles. The van der Waals surface area contributed by atoms with Crippen LogP contribution in [0.1, 0.15) is 47.2 Å². The van der Waals surface area contributed by atoms with Crippen LogP contribution in [0.15, 0.2) is 6.07 Å². The highest BCUT2D eigenvalue weighted by Gasteiger charge is 2.16. The first-order valence-electron chi connectivity index (χ1n) is 6.10. The Bertz CT molecular complexity index is 441. The number of phenols is 2. The average molecular weight is 315 g/mol. The summed E-state index contributed by atoms with van der Waals surface area (Å²) < 4.78 is 0. The van der Waals surface area contributed by atoms with E-state index in [-0.39, 0.29) is 17.3 Å². The standard InChI is InChI=1S/C14H19BrO3/c1-9-8-11(10(2)14(18)13(9)17)12(16)6-4-3-5-7-15/h8,17-18H,3-7H2,1-2H3. The highest BCUT2D eigenvalue weighted by Crippen LogP contribution is 2.34. The smallest absolute Gasteiger partial charge is 0.163 e. The second-order valence-corrected chi connectivity index (χ2v) is 5.28. The van der Waals surface area contributed by atoms with E-state index in [0.717, 1.165) is 24.6 Å². The summed E-state index contributed by atoms with van der Waals surface area (Å²) in [5.74, 6) is -0.289. The van der Waals surface area contributed by atoms with Crippen molar-refractivity contribution in [2.45, 2.75) is 39.5 Å². The Morgan fingerprint density at radius 1 is 1.17 bits per heavy atom. The molecule has 0 aromatic heterocycles. The highest BCUT2D eigenvalue weighted by atomic mass is 79.9. The zero-order valence-corrected chi connectivity index (χ0v) is 12.4. The van der Waals surface area contributed by atoms with Gasteiger partial charge in [-0.3, -0.25) is 4.79 Å². The normalized spacial score (nSPS) is 10.6. The van der Waals surface area contributed by atoms with E-state index in [1.807, 2.05) is 0 Å². The van der Waals surface area contributed by atoms with Gasteiger partial charge in [-0.05, 0) is 38.3 Å². The van der Waals surface area contributed by atoms with Gasteiger partial charge < -0.3 is 10.2 Å². The number of carbonyl (C=O) groups excluding carboxylic acids is 1. The van der Waals surface area contributed by atoms with Crippen LogP contribution in [0.2, 0.25) is 0 Å². The van der Waals surface area contributed by atoms with Crippen molar-refractivity contribution in [3.63, 3.8) is 0 Å². The number of rotatable bonds is 6. The lowest BCUT2D eigenvalue weighted by Crippen LogP contribution is -2.03.